The van der Waals surface area contributed by atoms with Crippen LogP contribution >= 0.6 is 0 Å². The lowest BCUT2D eigenvalue weighted by molar-refractivity contribution is 0.0690. The van der Waals surface area contributed by atoms with E-state index in [1.54, 1.807) is 18.2 Å². The topological polar surface area (TPSA) is 75.2 Å². The number of carbonyl (C=O) groups is 1. The van der Waals surface area contributed by atoms with Gasteiger partial charge < -0.3 is 9.84 Å². The highest BCUT2D eigenvalue weighted by Crippen LogP contribution is 2.32. The van der Waals surface area contributed by atoms with E-state index in [0.29, 0.717) is 22.6 Å². The number of nitrogens with zero attached hydrogens (tertiary/aromatic N) is 1. The van der Waals surface area contributed by atoms with Crippen LogP contribution in [0.1, 0.15) is 16.1 Å². The van der Waals surface area contributed by atoms with Crippen LogP contribution in [0.4, 0.5) is 4.39 Å². The molecule has 5 nitrogen and oxygen atoms in total. The van der Waals surface area contributed by atoms with Gasteiger partial charge in [-0.2, -0.15) is 5.10 Å². The van der Waals surface area contributed by atoms with E-state index >= 15 is 0 Å². The first-order valence-corrected chi connectivity index (χ1v) is 5.18. The summed E-state index contributed by atoms with van der Waals surface area (Å²) in [6, 6.07) is 6.29. The number of aromatic carboxylic acids is 1. The minimum Gasteiger partial charge on any atom is -0.496 e. The Kier molecular flexibility index (Phi) is 3.27. The fourth-order valence-corrected chi connectivity index (χ4v) is 1.71. The van der Waals surface area contributed by atoms with Crippen LogP contribution in [0, 0.1) is 0 Å². The van der Waals surface area contributed by atoms with E-state index in [4.69, 9.17) is 9.84 Å². The number of carboxylic acid groups (broad SMARTS) is 1. The van der Waals surface area contributed by atoms with Gasteiger partial charge in [-0.05, 0) is 17.7 Å². The summed E-state index contributed by atoms with van der Waals surface area (Å²) < 4.78 is 18.1. The number of aromatic amines is 1. The van der Waals surface area contributed by atoms with Crippen molar-refractivity contribution in [3.63, 3.8) is 0 Å². The van der Waals surface area contributed by atoms with E-state index in [9.17, 15) is 9.18 Å². The summed E-state index contributed by atoms with van der Waals surface area (Å²) in [4.78, 5) is 10.8. The highest BCUT2D eigenvalue weighted by atomic mass is 19.1. The van der Waals surface area contributed by atoms with Crippen LogP contribution in [-0.2, 0) is 6.67 Å². The molecular formula is C12H11FN2O3. The molecule has 6 heteroatoms. The highest BCUT2D eigenvalue weighted by Gasteiger charge is 2.16. The smallest absolute Gasteiger partial charge is 0.353 e. The SMILES string of the molecule is COc1cccc(CF)c1-c1cc(C(=O)O)[nH]n1. The van der Waals surface area contributed by atoms with Gasteiger partial charge in [-0.1, -0.05) is 12.1 Å². The second kappa shape index (κ2) is 4.87. The number of nitrogens with one attached hydrogen (secondary N) is 1. The Bertz CT molecular complexity index is 558. The van der Waals surface area contributed by atoms with Gasteiger partial charge in [0.1, 0.15) is 18.1 Å². The van der Waals surface area contributed by atoms with Crippen molar-refractivity contribution < 1.29 is 19.0 Å². The Morgan fingerprint density at radius 3 is 2.89 bits per heavy atom. The van der Waals surface area contributed by atoms with Crippen molar-refractivity contribution in [3.8, 4) is 17.0 Å². The Labute approximate surface area is 102 Å². The van der Waals surface area contributed by atoms with Gasteiger partial charge in [0, 0.05) is 5.56 Å². The van der Waals surface area contributed by atoms with Gasteiger partial charge >= 0.3 is 5.97 Å². The maximum absolute atomic E-state index is 12.9. The summed E-state index contributed by atoms with van der Waals surface area (Å²) >= 11 is 0. The molecule has 0 aliphatic carbocycles. The van der Waals surface area contributed by atoms with E-state index in [1.807, 2.05) is 0 Å². The molecule has 18 heavy (non-hydrogen) atoms. The molecule has 1 aromatic heterocycles. The molecular weight excluding hydrogens is 239 g/mol. The van der Waals surface area contributed by atoms with Crippen LogP contribution in [0.2, 0.25) is 0 Å². The van der Waals surface area contributed by atoms with Gasteiger partial charge in [-0.15, -0.1) is 0 Å². The molecule has 0 spiro atoms. The van der Waals surface area contributed by atoms with Crippen LogP contribution in [0.25, 0.3) is 11.3 Å². The number of hydrogen-bond acceptors (Lipinski definition) is 3. The molecule has 0 aliphatic heterocycles. The minimum atomic E-state index is -1.12. The molecule has 0 bridgehead atoms. The van der Waals surface area contributed by atoms with E-state index in [0.717, 1.165) is 0 Å². The maximum Gasteiger partial charge on any atom is 0.353 e. The predicted molar refractivity (Wildman–Crippen MR) is 62.3 cm³/mol. The molecule has 2 N–H and O–H groups in total. The number of ether oxygens (including phenoxy) is 1. The molecule has 1 aromatic carbocycles. The first-order valence-electron chi connectivity index (χ1n) is 5.18. The number of carboxylic acids is 1. The Morgan fingerprint density at radius 2 is 2.33 bits per heavy atom. The van der Waals surface area contributed by atoms with E-state index in [-0.39, 0.29) is 5.69 Å². The van der Waals surface area contributed by atoms with Gasteiger partial charge in [-0.3, -0.25) is 5.10 Å². The van der Waals surface area contributed by atoms with Crippen LogP contribution < -0.4 is 4.74 Å². The molecule has 0 saturated carbocycles. The first kappa shape index (κ1) is 12.1. The van der Waals surface area contributed by atoms with Crippen LogP contribution in [0.3, 0.4) is 0 Å². The zero-order valence-electron chi connectivity index (χ0n) is 9.61. The summed E-state index contributed by atoms with van der Waals surface area (Å²) in [5.41, 5.74) is 1.15. The normalized spacial score (nSPS) is 10.3. The van der Waals surface area contributed by atoms with Crippen LogP contribution in [0.5, 0.6) is 5.75 Å². The summed E-state index contributed by atoms with van der Waals surface area (Å²) in [5, 5.41) is 15.1. The van der Waals surface area contributed by atoms with Crippen molar-refractivity contribution in [2.75, 3.05) is 7.11 Å². The first-order chi connectivity index (χ1) is 8.67. The fraction of sp³-hybridized carbons (Fsp3) is 0.167. The Hall–Kier alpha value is -2.37. The van der Waals surface area contributed by atoms with Crippen molar-refractivity contribution in [2.45, 2.75) is 6.67 Å². The number of alkyl halides is 1. The number of benzene rings is 1. The monoisotopic (exact) mass is 250 g/mol. The van der Waals surface area contributed by atoms with Crippen LogP contribution in [0.15, 0.2) is 24.3 Å². The largest absolute Gasteiger partial charge is 0.496 e. The van der Waals surface area contributed by atoms with Gasteiger partial charge in [0.25, 0.3) is 0 Å². The van der Waals surface area contributed by atoms with E-state index in [2.05, 4.69) is 10.2 Å². The van der Waals surface area contributed by atoms with E-state index < -0.39 is 12.6 Å². The van der Waals surface area contributed by atoms with Gasteiger partial charge in [0.05, 0.1) is 12.8 Å². The number of methoxy groups -OCH3 is 1. The van der Waals surface area contributed by atoms with Crippen molar-refractivity contribution in [3.05, 3.63) is 35.5 Å². The fourth-order valence-electron chi connectivity index (χ4n) is 1.71. The van der Waals surface area contributed by atoms with Crippen molar-refractivity contribution in [1.82, 2.24) is 10.2 Å². The molecule has 0 radical (unpaired) electrons. The summed E-state index contributed by atoms with van der Waals surface area (Å²) in [6.45, 7) is -0.679. The number of rotatable bonds is 4. The van der Waals surface area contributed by atoms with Crippen molar-refractivity contribution in [2.24, 2.45) is 0 Å². The molecule has 0 atom stereocenters. The zero-order chi connectivity index (χ0) is 13.1. The second-order valence-corrected chi connectivity index (χ2v) is 3.60. The molecule has 0 saturated heterocycles. The highest BCUT2D eigenvalue weighted by molar-refractivity contribution is 5.87. The minimum absolute atomic E-state index is 0.0549. The average Bonchev–Trinajstić information content (AvgIpc) is 2.87. The molecule has 2 rings (SSSR count). The molecule has 2 aromatic rings. The van der Waals surface area contributed by atoms with Gasteiger partial charge in [0.15, 0.2) is 0 Å². The lowest BCUT2D eigenvalue weighted by Crippen LogP contribution is -1.95. The number of halogens is 1. The van der Waals surface area contributed by atoms with E-state index in [1.165, 1.54) is 13.2 Å². The van der Waals surface area contributed by atoms with Gasteiger partial charge in [0.2, 0.25) is 0 Å². The third-order valence-corrected chi connectivity index (χ3v) is 2.54. The molecule has 1 heterocycles. The van der Waals surface area contributed by atoms with Gasteiger partial charge in [-0.25, -0.2) is 9.18 Å². The lowest BCUT2D eigenvalue weighted by Gasteiger charge is -2.09. The third-order valence-electron chi connectivity index (χ3n) is 2.54. The summed E-state index contributed by atoms with van der Waals surface area (Å²) in [6.07, 6.45) is 0. The van der Waals surface area contributed by atoms with Crippen molar-refractivity contribution >= 4 is 5.97 Å². The second-order valence-electron chi connectivity index (χ2n) is 3.60. The maximum atomic E-state index is 12.9. The Morgan fingerprint density at radius 1 is 1.56 bits per heavy atom. The Balaban J connectivity index is 2.57. The zero-order valence-corrected chi connectivity index (χ0v) is 9.61. The number of H-pyrrole nitrogens is 1. The third kappa shape index (κ3) is 2.04. The number of aromatic nitrogens is 2. The summed E-state index contributed by atoms with van der Waals surface area (Å²) in [7, 11) is 1.46. The van der Waals surface area contributed by atoms with Crippen molar-refractivity contribution in [1.29, 1.82) is 0 Å². The average molecular weight is 250 g/mol. The lowest BCUT2D eigenvalue weighted by atomic mass is 10.0. The molecule has 94 valence electrons. The standard InChI is InChI=1S/C12H11FN2O3/c1-18-10-4-2-3-7(6-13)11(10)8-5-9(12(16)17)15-14-8/h2-5H,6H2,1H3,(H,14,15)(H,16,17). The molecule has 0 unspecified atom stereocenters. The van der Waals surface area contributed by atoms with Crippen LogP contribution in [-0.4, -0.2) is 28.4 Å². The molecule has 0 aliphatic rings. The number of hydrogen-bond donors (Lipinski definition) is 2. The molecule has 0 amide bonds. The predicted octanol–water partition coefficient (Wildman–Crippen LogP) is 2.25. The summed E-state index contributed by atoms with van der Waals surface area (Å²) in [5.74, 6) is -0.668. The molecule has 0 fully saturated rings. The quantitative estimate of drug-likeness (QED) is 0.872.